The molecule has 8 rings (SSSR count). The highest BCUT2D eigenvalue weighted by Crippen LogP contribution is 2.58. The summed E-state index contributed by atoms with van der Waals surface area (Å²) < 4.78 is 13.2. The number of carbonyl (C=O) groups is 2. The Bertz CT molecular complexity index is 1700. The standard InChI is InChI=1S/C39H50ClN5O5/c1-25(2)45-21-29(20-41-45)28-18-34(40)42-35(19-28)44(36(47)27-5-8-32(9-6-27)50-37(48)43-22-31(46)23-43)24-38-11-14-39(15-12-38,16-13-38)30-7-10-33(49-4)26(3)17-30/h7,10,17-21,25,27,31-32,46H,5-6,8-9,11-16,22-24H2,1-4H3. The Balaban J connectivity index is 1.12. The largest absolute Gasteiger partial charge is 0.496 e. The highest BCUT2D eigenvalue weighted by molar-refractivity contribution is 6.29. The molecule has 0 radical (unpaired) electrons. The van der Waals surface area contributed by atoms with E-state index in [-0.39, 0.29) is 40.9 Å². The molecule has 4 saturated carbocycles. The quantitative estimate of drug-likeness (QED) is 0.230. The molecular weight excluding hydrogens is 654 g/mol. The number of ether oxygens (including phenoxy) is 2. The molecule has 268 valence electrons. The van der Waals surface area contributed by atoms with Gasteiger partial charge in [-0.3, -0.25) is 14.4 Å². The van der Waals surface area contributed by atoms with Crippen molar-refractivity contribution in [1.82, 2.24) is 19.7 Å². The van der Waals surface area contributed by atoms with Gasteiger partial charge in [-0.05, 0) is 131 Å². The zero-order valence-corrected chi connectivity index (χ0v) is 30.5. The number of halogens is 1. The maximum Gasteiger partial charge on any atom is 0.410 e. The summed E-state index contributed by atoms with van der Waals surface area (Å²) in [6.07, 6.45) is 11.7. The summed E-state index contributed by atoms with van der Waals surface area (Å²) in [6.45, 7) is 7.53. The van der Waals surface area contributed by atoms with Crippen LogP contribution in [0.25, 0.3) is 11.1 Å². The summed E-state index contributed by atoms with van der Waals surface area (Å²) in [5, 5.41) is 14.5. The summed E-state index contributed by atoms with van der Waals surface area (Å²) in [6, 6.07) is 10.7. The number of pyridine rings is 1. The van der Waals surface area contributed by atoms with Gasteiger partial charge in [-0.25, -0.2) is 9.78 Å². The number of hydrogen-bond acceptors (Lipinski definition) is 7. The number of aliphatic hydroxyl groups is 1. The fourth-order valence-electron chi connectivity index (χ4n) is 8.78. The Labute approximate surface area is 300 Å². The molecule has 3 aromatic rings. The van der Waals surface area contributed by atoms with Gasteiger partial charge < -0.3 is 19.5 Å². The molecule has 2 aromatic heterocycles. The van der Waals surface area contributed by atoms with Gasteiger partial charge in [-0.2, -0.15) is 5.10 Å². The minimum Gasteiger partial charge on any atom is -0.496 e. The van der Waals surface area contributed by atoms with Crippen molar-refractivity contribution in [2.75, 3.05) is 31.6 Å². The van der Waals surface area contributed by atoms with E-state index in [1.165, 1.54) is 16.0 Å². The summed E-state index contributed by atoms with van der Waals surface area (Å²) in [4.78, 5) is 35.4. The van der Waals surface area contributed by atoms with Crippen LogP contribution in [-0.2, 0) is 14.9 Å². The number of hydrogen-bond donors (Lipinski definition) is 1. The van der Waals surface area contributed by atoms with Gasteiger partial charge in [0.25, 0.3) is 0 Å². The number of rotatable bonds is 9. The number of β-amino-alcohol motifs (C(OH)–C–C–N with tert-alkyl or cyclic N) is 1. The minimum absolute atomic E-state index is 0.000129. The third-order valence-corrected chi connectivity index (χ3v) is 12.3. The van der Waals surface area contributed by atoms with Gasteiger partial charge >= 0.3 is 6.09 Å². The van der Waals surface area contributed by atoms with Gasteiger partial charge in [-0.1, -0.05) is 23.7 Å². The molecule has 1 N–H and O–H groups in total. The SMILES string of the molecule is COc1ccc(C23CCC(CN(C(=O)C4CCC(OC(=O)N5CC(O)C5)CC4)c4cc(-c5cnn(C(C)C)c5)cc(Cl)n4)(CC2)CC3)cc1C. The van der Waals surface area contributed by atoms with Crippen LogP contribution in [0.4, 0.5) is 10.6 Å². The average Bonchev–Trinajstić information content (AvgIpc) is 3.61. The van der Waals surface area contributed by atoms with Crippen molar-refractivity contribution in [3.63, 3.8) is 0 Å². The molecule has 11 heteroatoms. The molecule has 5 aliphatic rings. The van der Waals surface area contributed by atoms with Gasteiger partial charge in [0.05, 0.1) is 32.5 Å². The molecular formula is C39H50ClN5O5. The van der Waals surface area contributed by atoms with Crippen LogP contribution in [0.1, 0.15) is 95.2 Å². The molecule has 1 aromatic carbocycles. The highest BCUT2D eigenvalue weighted by Gasteiger charge is 2.51. The van der Waals surface area contributed by atoms with Gasteiger partial charge in [0, 0.05) is 30.3 Å². The summed E-state index contributed by atoms with van der Waals surface area (Å²) in [5.41, 5.74) is 4.55. The fourth-order valence-corrected chi connectivity index (χ4v) is 8.98. The third kappa shape index (κ3) is 6.85. The first-order valence-corrected chi connectivity index (χ1v) is 18.7. The molecule has 0 atom stereocenters. The van der Waals surface area contributed by atoms with Gasteiger partial charge in [0.1, 0.15) is 22.8 Å². The van der Waals surface area contributed by atoms with Crippen LogP contribution in [0, 0.1) is 18.3 Å². The van der Waals surface area contributed by atoms with E-state index in [2.05, 4.69) is 44.1 Å². The van der Waals surface area contributed by atoms with Crippen LogP contribution in [-0.4, -0.2) is 75.7 Å². The maximum absolute atomic E-state index is 14.7. The number of aliphatic hydroxyl groups excluding tert-OH is 1. The lowest BCUT2D eigenvalue weighted by molar-refractivity contribution is -0.124. The molecule has 1 aliphatic heterocycles. The Morgan fingerprint density at radius 3 is 2.32 bits per heavy atom. The molecule has 10 nitrogen and oxygen atoms in total. The van der Waals surface area contributed by atoms with Crippen LogP contribution < -0.4 is 9.64 Å². The van der Waals surface area contributed by atoms with Crippen molar-refractivity contribution in [3.8, 4) is 16.9 Å². The van der Waals surface area contributed by atoms with Gasteiger partial charge in [0.15, 0.2) is 0 Å². The van der Waals surface area contributed by atoms with E-state index in [0.717, 1.165) is 55.4 Å². The number of nitrogens with zero attached hydrogens (tertiary/aromatic N) is 5. The van der Waals surface area contributed by atoms with Crippen LogP contribution in [0.3, 0.4) is 0 Å². The highest BCUT2D eigenvalue weighted by atomic mass is 35.5. The summed E-state index contributed by atoms with van der Waals surface area (Å²) >= 11 is 6.71. The van der Waals surface area contributed by atoms with Crippen LogP contribution in [0.15, 0.2) is 42.7 Å². The first kappa shape index (κ1) is 34.8. The van der Waals surface area contributed by atoms with E-state index in [1.807, 2.05) is 34.1 Å². The number of carbonyl (C=O) groups excluding carboxylic acids is 2. The number of aryl methyl sites for hydroxylation is 1. The van der Waals surface area contributed by atoms with E-state index >= 15 is 0 Å². The molecule has 1 saturated heterocycles. The Hall–Kier alpha value is -3.63. The number of amides is 2. The zero-order chi connectivity index (χ0) is 35.2. The predicted molar refractivity (Wildman–Crippen MR) is 193 cm³/mol. The topological polar surface area (TPSA) is 110 Å². The zero-order valence-electron chi connectivity index (χ0n) is 29.7. The number of fused-ring (bicyclic) bond motifs is 3. The van der Waals surface area contributed by atoms with Crippen molar-refractivity contribution in [2.24, 2.45) is 11.3 Å². The van der Waals surface area contributed by atoms with Crippen molar-refractivity contribution in [3.05, 3.63) is 59.0 Å². The smallest absolute Gasteiger partial charge is 0.410 e. The van der Waals surface area contributed by atoms with Crippen molar-refractivity contribution in [1.29, 1.82) is 0 Å². The van der Waals surface area contributed by atoms with Crippen molar-refractivity contribution < 1.29 is 24.2 Å². The lowest BCUT2D eigenvalue weighted by Crippen LogP contribution is -2.54. The number of anilines is 1. The Morgan fingerprint density at radius 2 is 1.72 bits per heavy atom. The van der Waals surface area contributed by atoms with E-state index in [4.69, 9.17) is 26.1 Å². The summed E-state index contributed by atoms with van der Waals surface area (Å²) in [7, 11) is 1.72. The molecule has 50 heavy (non-hydrogen) atoms. The average molecular weight is 704 g/mol. The van der Waals surface area contributed by atoms with E-state index in [9.17, 15) is 14.7 Å². The first-order chi connectivity index (χ1) is 24.0. The second-order valence-corrected chi connectivity index (χ2v) is 16.0. The van der Waals surface area contributed by atoms with E-state index < -0.39 is 6.10 Å². The fraction of sp³-hybridized carbons (Fsp3) is 0.590. The number of aromatic nitrogens is 3. The predicted octanol–water partition coefficient (Wildman–Crippen LogP) is 7.49. The van der Waals surface area contributed by atoms with Crippen molar-refractivity contribution in [2.45, 2.75) is 109 Å². The Kier molecular flexibility index (Phi) is 9.62. The maximum atomic E-state index is 14.7. The molecule has 4 aliphatic carbocycles. The normalized spacial score (nSPS) is 26.5. The third-order valence-electron chi connectivity index (χ3n) is 12.1. The van der Waals surface area contributed by atoms with Gasteiger partial charge in [-0.15, -0.1) is 0 Å². The van der Waals surface area contributed by atoms with Gasteiger partial charge in [0.2, 0.25) is 5.91 Å². The van der Waals surface area contributed by atoms with Crippen LogP contribution in [0.5, 0.6) is 5.75 Å². The molecule has 0 unspecified atom stereocenters. The molecule has 2 amide bonds. The van der Waals surface area contributed by atoms with Crippen LogP contribution in [0.2, 0.25) is 5.15 Å². The Morgan fingerprint density at radius 1 is 1.02 bits per heavy atom. The second kappa shape index (κ2) is 13.8. The van der Waals surface area contributed by atoms with E-state index in [0.29, 0.717) is 56.3 Å². The monoisotopic (exact) mass is 703 g/mol. The molecule has 5 fully saturated rings. The first-order valence-electron chi connectivity index (χ1n) is 18.3. The minimum atomic E-state index is -0.468. The molecule has 0 spiro atoms. The second-order valence-electron chi connectivity index (χ2n) is 15.6. The summed E-state index contributed by atoms with van der Waals surface area (Å²) in [5.74, 6) is 1.38. The van der Waals surface area contributed by atoms with Crippen molar-refractivity contribution >= 4 is 29.4 Å². The molecule has 2 bridgehead atoms. The number of methoxy groups -OCH3 is 1. The lowest BCUT2D eigenvalue weighted by Gasteiger charge is -2.55. The number of likely N-dealkylation sites (tertiary alicyclic amines) is 1. The van der Waals surface area contributed by atoms with Crippen LogP contribution >= 0.6 is 11.6 Å². The number of benzene rings is 1. The lowest BCUT2D eigenvalue weighted by atomic mass is 9.51. The van der Waals surface area contributed by atoms with E-state index in [1.54, 1.807) is 7.11 Å². The molecule has 3 heterocycles.